The highest BCUT2D eigenvalue weighted by Gasteiger charge is 2.31. The average Bonchev–Trinajstić information content (AvgIpc) is 3.29. The molecule has 3 aromatic carbocycles. The van der Waals surface area contributed by atoms with Crippen LogP contribution in [0.1, 0.15) is 40.1 Å². The Bertz CT molecular complexity index is 1400. The van der Waals surface area contributed by atoms with Crippen LogP contribution in [-0.2, 0) is 26.0 Å². The van der Waals surface area contributed by atoms with E-state index >= 15 is 0 Å². The van der Waals surface area contributed by atoms with Gasteiger partial charge in [0.2, 0.25) is 0 Å². The molecule has 1 aliphatic heterocycles. The van der Waals surface area contributed by atoms with Crippen LogP contribution in [0.4, 0.5) is 11.4 Å². The third-order valence-electron chi connectivity index (χ3n) is 5.71. The van der Waals surface area contributed by atoms with Gasteiger partial charge in [-0.2, -0.15) is 0 Å². The van der Waals surface area contributed by atoms with Gasteiger partial charge in [0, 0.05) is 17.8 Å². The Balaban J connectivity index is 1.45. The number of ether oxygens (including phenoxy) is 1. The lowest BCUT2D eigenvalue weighted by atomic mass is 10.1. The normalized spacial score (nSPS) is 13.6. The lowest BCUT2D eigenvalue weighted by molar-refractivity contribution is -0.123. The van der Waals surface area contributed by atoms with Crippen molar-refractivity contribution in [3.8, 4) is 0 Å². The Morgan fingerprint density at radius 1 is 0.943 bits per heavy atom. The van der Waals surface area contributed by atoms with E-state index in [-0.39, 0.29) is 16.2 Å². The third kappa shape index (κ3) is 5.09. The van der Waals surface area contributed by atoms with Gasteiger partial charge in [0.25, 0.3) is 15.9 Å². The van der Waals surface area contributed by atoms with Crippen LogP contribution in [0.15, 0.2) is 77.7 Å². The molecule has 1 aliphatic rings. The Kier molecular flexibility index (Phi) is 6.70. The van der Waals surface area contributed by atoms with Crippen LogP contribution in [0.5, 0.6) is 0 Å². The van der Waals surface area contributed by atoms with Gasteiger partial charge in [-0.3, -0.25) is 13.9 Å². The highest BCUT2D eigenvalue weighted by molar-refractivity contribution is 7.92. The van der Waals surface area contributed by atoms with Gasteiger partial charge in [0.15, 0.2) is 11.9 Å². The first-order valence-electron chi connectivity index (χ1n) is 11.0. The van der Waals surface area contributed by atoms with Crippen molar-refractivity contribution in [2.24, 2.45) is 0 Å². The molecule has 1 amide bonds. The predicted octanol–water partition coefficient (Wildman–Crippen LogP) is 3.82. The summed E-state index contributed by atoms with van der Waals surface area (Å²) in [5.41, 5.74) is 2.55. The van der Waals surface area contributed by atoms with Gasteiger partial charge in [-0.15, -0.1) is 0 Å². The average molecular weight is 493 g/mol. The lowest BCUT2D eigenvalue weighted by Crippen LogP contribution is -2.30. The minimum absolute atomic E-state index is 0.0176. The molecular formula is C26H24N2O6S. The van der Waals surface area contributed by atoms with E-state index < -0.39 is 28.0 Å². The van der Waals surface area contributed by atoms with E-state index in [9.17, 15) is 22.8 Å². The molecule has 1 heterocycles. The molecule has 0 saturated carbocycles. The molecule has 4 rings (SSSR count). The summed E-state index contributed by atoms with van der Waals surface area (Å²) in [5, 5.41) is 2.62. The van der Waals surface area contributed by atoms with E-state index in [1.54, 1.807) is 36.4 Å². The SMILES string of the molecule is CC(=O)c1ccc(NC(=O)C(C)OC(=O)c2cccc(S(=O)(=O)N3CCc4ccccc43)c2)cc1. The van der Waals surface area contributed by atoms with Crippen LogP contribution in [0.2, 0.25) is 0 Å². The number of carbonyl (C=O) groups excluding carboxylic acids is 3. The van der Waals surface area contributed by atoms with Crippen molar-refractivity contribution in [2.45, 2.75) is 31.3 Å². The Hall–Kier alpha value is -3.98. The number of benzene rings is 3. The molecule has 8 nitrogen and oxygen atoms in total. The van der Waals surface area contributed by atoms with Crippen molar-refractivity contribution in [3.05, 3.63) is 89.5 Å². The van der Waals surface area contributed by atoms with Crippen LogP contribution < -0.4 is 9.62 Å². The molecule has 1 N–H and O–H groups in total. The minimum atomic E-state index is -3.88. The van der Waals surface area contributed by atoms with E-state index in [2.05, 4.69) is 5.32 Å². The molecule has 0 fully saturated rings. The molecule has 1 unspecified atom stereocenters. The van der Waals surface area contributed by atoms with Crippen LogP contribution in [0.25, 0.3) is 0 Å². The number of anilines is 2. The highest BCUT2D eigenvalue weighted by Crippen LogP contribution is 2.32. The fourth-order valence-corrected chi connectivity index (χ4v) is 5.33. The number of sulfonamides is 1. The maximum atomic E-state index is 13.3. The van der Waals surface area contributed by atoms with Gasteiger partial charge in [0.05, 0.1) is 16.1 Å². The summed E-state index contributed by atoms with van der Waals surface area (Å²) < 4.78 is 33.1. The second kappa shape index (κ2) is 9.71. The van der Waals surface area contributed by atoms with Gasteiger partial charge in [-0.05, 0) is 74.4 Å². The number of hydrogen-bond acceptors (Lipinski definition) is 6. The Labute approximate surface area is 203 Å². The number of nitrogens with zero attached hydrogens (tertiary/aromatic N) is 1. The first kappa shape index (κ1) is 24.2. The van der Waals surface area contributed by atoms with E-state index in [0.717, 1.165) is 5.56 Å². The summed E-state index contributed by atoms with van der Waals surface area (Å²) in [4.78, 5) is 36.5. The first-order chi connectivity index (χ1) is 16.7. The molecule has 0 bridgehead atoms. The van der Waals surface area contributed by atoms with Crippen LogP contribution in [0, 0.1) is 0 Å². The zero-order valence-corrected chi connectivity index (χ0v) is 20.0. The maximum absolute atomic E-state index is 13.3. The maximum Gasteiger partial charge on any atom is 0.338 e. The van der Waals surface area contributed by atoms with Gasteiger partial charge in [0.1, 0.15) is 0 Å². The fraction of sp³-hybridized carbons (Fsp3) is 0.192. The number of esters is 1. The lowest BCUT2D eigenvalue weighted by Gasteiger charge is -2.20. The van der Waals surface area contributed by atoms with Gasteiger partial charge >= 0.3 is 5.97 Å². The molecule has 0 aromatic heterocycles. The summed E-state index contributed by atoms with van der Waals surface area (Å²) in [6.45, 7) is 3.18. The van der Waals surface area contributed by atoms with E-state index in [1.165, 1.54) is 42.4 Å². The highest BCUT2D eigenvalue weighted by atomic mass is 32.2. The minimum Gasteiger partial charge on any atom is -0.449 e. The smallest absolute Gasteiger partial charge is 0.338 e. The number of carbonyl (C=O) groups is 3. The quantitative estimate of drug-likeness (QED) is 0.397. The zero-order chi connectivity index (χ0) is 25.2. The number of Topliss-reactive ketones (excluding diaryl/α,β-unsaturated/α-hetero) is 1. The van der Waals surface area contributed by atoms with Gasteiger partial charge in [-0.1, -0.05) is 24.3 Å². The molecular weight excluding hydrogens is 468 g/mol. The number of fused-ring (bicyclic) bond motifs is 1. The van der Waals surface area contributed by atoms with Crippen molar-refractivity contribution in [1.82, 2.24) is 0 Å². The molecule has 180 valence electrons. The summed E-state index contributed by atoms with van der Waals surface area (Å²) in [5.74, 6) is -1.48. The second-order valence-electron chi connectivity index (χ2n) is 8.15. The van der Waals surface area contributed by atoms with Crippen molar-refractivity contribution in [1.29, 1.82) is 0 Å². The van der Waals surface area contributed by atoms with Gasteiger partial charge in [-0.25, -0.2) is 13.2 Å². The van der Waals surface area contributed by atoms with Crippen LogP contribution >= 0.6 is 0 Å². The second-order valence-corrected chi connectivity index (χ2v) is 10.0. The fourth-order valence-electron chi connectivity index (χ4n) is 3.78. The van der Waals surface area contributed by atoms with Gasteiger partial charge < -0.3 is 10.1 Å². The number of rotatable bonds is 7. The Morgan fingerprint density at radius 2 is 1.66 bits per heavy atom. The van der Waals surface area contributed by atoms with E-state index in [1.807, 2.05) is 12.1 Å². The molecule has 9 heteroatoms. The first-order valence-corrected chi connectivity index (χ1v) is 12.4. The molecule has 35 heavy (non-hydrogen) atoms. The molecule has 0 radical (unpaired) electrons. The predicted molar refractivity (Wildman–Crippen MR) is 131 cm³/mol. The zero-order valence-electron chi connectivity index (χ0n) is 19.2. The molecule has 0 saturated heterocycles. The van der Waals surface area contributed by atoms with Crippen molar-refractivity contribution in [2.75, 3.05) is 16.2 Å². The largest absolute Gasteiger partial charge is 0.449 e. The monoisotopic (exact) mass is 492 g/mol. The Morgan fingerprint density at radius 3 is 2.37 bits per heavy atom. The summed E-state index contributed by atoms with van der Waals surface area (Å²) in [7, 11) is -3.88. The van der Waals surface area contributed by atoms with E-state index in [4.69, 9.17) is 4.74 Å². The number of para-hydroxylation sites is 1. The third-order valence-corrected chi connectivity index (χ3v) is 7.52. The molecule has 0 aliphatic carbocycles. The topological polar surface area (TPSA) is 110 Å². The van der Waals surface area contributed by atoms with Crippen molar-refractivity contribution >= 4 is 39.1 Å². The van der Waals surface area contributed by atoms with E-state index in [0.29, 0.717) is 29.9 Å². The summed E-state index contributed by atoms with van der Waals surface area (Å²) >= 11 is 0. The van der Waals surface area contributed by atoms with Crippen LogP contribution in [-0.4, -0.2) is 38.7 Å². The standard InChI is InChI=1S/C26H24N2O6S/c1-17(29)19-10-12-22(13-11-19)27-25(30)18(2)34-26(31)21-7-5-8-23(16-21)35(32,33)28-15-14-20-6-3-4-9-24(20)28/h3-13,16,18H,14-15H2,1-2H3,(H,27,30). The number of nitrogens with one attached hydrogen (secondary N) is 1. The number of amides is 1. The molecule has 1 atom stereocenters. The van der Waals surface area contributed by atoms with Crippen molar-refractivity contribution in [3.63, 3.8) is 0 Å². The number of ketones is 1. The van der Waals surface area contributed by atoms with Crippen LogP contribution in [0.3, 0.4) is 0 Å². The summed E-state index contributed by atoms with van der Waals surface area (Å²) in [6, 6.07) is 19.2. The van der Waals surface area contributed by atoms with Crippen molar-refractivity contribution < 1.29 is 27.5 Å². The number of hydrogen-bond donors (Lipinski definition) is 1. The molecule has 0 spiro atoms. The molecule has 3 aromatic rings. The summed E-state index contributed by atoms with van der Waals surface area (Å²) in [6.07, 6.45) is -0.526.